The first-order valence-corrected chi connectivity index (χ1v) is 4.32. The van der Waals surface area contributed by atoms with Crippen LogP contribution in [-0.4, -0.2) is 23.3 Å². The van der Waals surface area contributed by atoms with Gasteiger partial charge in [-0.25, -0.2) is 0 Å². The first kappa shape index (κ1) is 7.32. The van der Waals surface area contributed by atoms with Gasteiger partial charge in [0.05, 0.1) is 6.10 Å². The van der Waals surface area contributed by atoms with Crippen molar-refractivity contribution in [2.24, 2.45) is 5.92 Å². The van der Waals surface area contributed by atoms with Crippen molar-refractivity contribution >= 4 is 0 Å². The van der Waals surface area contributed by atoms with Crippen molar-refractivity contribution in [3.8, 4) is 0 Å². The van der Waals surface area contributed by atoms with Crippen LogP contribution in [0.25, 0.3) is 0 Å². The average Bonchev–Trinajstić information content (AvgIpc) is 2.76. The lowest BCUT2D eigenvalue weighted by atomic mass is 9.87. The van der Waals surface area contributed by atoms with E-state index in [0.29, 0.717) is 11.5 Å². The van der Waals surface area contributed by atoms with E-state index in [0.717, 1.165) is 13.0 Å². The van der Waals surface area contributed by atoms with Crippen molar-refractivity contribution in [1.82, 2.24) is 5.32 Å². The minimum atomic E-state index is -0.163. The smallest absolute Gasteiger partial charge is 0.0671 e. The van der Waals surface area contributed by atoms with Gasteiger partial charge in [-0.15, -0.1) is 6.58 Å². The molecule has 0 aromatic rings. The van der Waals surface area contributed by atoms with Gasteiger partial charge in [-0.2, -0.15) is 0 Å². The van der Waals surface area contributed by atoms with Gasteiger partial charge in [0.25, 0.3) is 0 Å². The van der Waals surface area contributed by atoms with Gasteiger partial charge in [0, 0.05) is 12.1 Å². The minimum Gasteiger partial charge on any atom is -0.392 e. The van der Waals surface area contributed by atoms with Crippen LogP contribution in [0, 0.1) is 5.92 Å². The number of hydrogen-bond acceptors (Lipinski definition) is 2. The minimum absolute atomic E-state index is 0.163. The number of nitrogens with one attached hydrogen (secondary N) is 1. The molecule has 2 rings (SSSR count). The number of rotatable bonds is 1. The number of β-amino-alcohol motifs (C(OH)–C–C–N with tert-alkyl or cyclic N) is 1. The van der Waals surface area contributed by atoms with Gasteiger partial charge in [0.2, 0.25) is 0 Å². The van der Waals surface area contributed by atoms with Gasteiger partial charge in [0.1, 0.15) is 0 Å². The van der Waals surface area contributed by atoms with Crippen LogP contribution >= 0.6 is 0 Å². The van der Waals surface area contributed by atoms with Crippen LogP contribution in [0.4, 0.5) is 0 Å². The molecule has 2 heteroatoms. The number of aliphatic hydroxyl groups excluding tert-OH is 1. The molecule has 1 heterocycles. The summed E-state index contributed by atoms with van der Waals surface area (Å²) in [7, 11) is 0. The van der Waals surface area contributed by atoms with Crippen LogP contribution in [-0.2, 0) is 0 Å². The predicted molar refractivity (Wildman–Crippen MR) is 44.3 cm³/mol. The molecule has 2 aliphatic rings. The van der Waals surface area contributed by atoms with Crippen LogP contribution in [0.15, 0.2) is 12.7 Å². The summed E-state index contributed by atoms with van der Waals surface area (Å²) in [6.07, 6.45) is 5.25. The number of piperidine rings is 1. The van der Waals surface area contributed by atoms with Crippen molar-refractivity contribution in [3.63, 3.8) is 0 Å². The molecule has 1 aliphatic carbocycles. The molecular weight excluding hydrogens is 138 g/mol. The normalized spacial score (nSPS) is 40.5. The van der Waals surface area contributed by atoms with E-state index >= 15 is 0 Å². The second-order valence-corrected chi connectivity index (χ2v) is 3.77. The van der Waals surface area contributed by atoms with Crippen molar-refractivity contribution < 1.29 is 5.11 Å². The molecule has 11 heavy (non-hydrogen) atoms. The third-order valence-corrected chi connectivity index (χ3v) is 3.00. The molecular formula is C9H15NO. The summed E-state index contributed by atoms with van der Waals surface area (Å²) in [4.78, 5) is 0. The van der Waals surface area contributed by atoms with E-state index in [1.165, 1.54) is 12.8 Å². The van der Waals surface area contributed by atoms with Gasteiger partial charge in [-0.1, -0.05) is 6.08 Å². The summed E-state index contributed by atoms with van der Waals surface area (Å²) in [5.41, 5.74) is 0.348. The molecule has 0 aromatic heterocycles. The lowest BCUT2D eigenvalue weighted by Crippen LogP contribution is -2.48. The Balaban J connectivity index is 2.06. The lowest BCUT2D eigenvalue weighted by Gasteiger charge is -2.33. The number of hydrogen-bond donors (Lipinski definition) is 2. The largest absolute Gasteiger partial charge is 0.392 e. The van der Waals surface area contributed by atoms with Crippen molar-refractivity contribution in [2.45, 2.75) is 30.9 Å². The molecule has 2 unspecified atom stereocenters. The highest BCUT2D eigenvalue weighted by Gasteiger charge is 2.50. The Morgan fingerprint density at radius 1 is 1.55 bits per heavy atom. The van der Waals surface area contributed by atoms with E-state index in [1.54, 1.807) is 0 Å². The molecule has 2 atom stereocenters. The van der Waals surface area contributed by atoms with Gasteiger partial charge < -0.3 is 10.4 Å². The summed E-state index contributed by atoms with van der Waals surface area (Å²) in [5, 5.41) is 12.8. The molecule has 0 amide bonds. The van der Waals surface area contributed by atoms with Crippen molar-refractivity contribution in [2.75, 3.05) is 6.54 Å². The van der Waals surface area contributed by atoms with E-state index in [4.69, 9.17) is 0 Å². The van der Waals surface area contributed by atoms with Crippen LogP contribution in [0.2, 0.25) is 0 Å². The molecule has 1 saturated heterocycles. The van der Waals surface area contributed by atoms with Crippen LogP contribution in [0.1, 0.15) is 19.3 Å². The first-order valence-electron chi connectivity index (χ1n) is 4.32. The molecule has 2 fully saturated rings. The second-order valence-electron chi connectivity index (χ2n) is 3.77. The van der Waals surface area contributed by atoms with Gasteiger partial charge >= 0.3 is 0 Å². The van der Waals surface area contributed by atoms with E-state index < -0.39 is 0 Å². The summed E-state index contributed by atoms with van der Waals surface area (Å²) in [6.45, 7) is 4.57. The highest BCUT2D eigenvalue weighted by Crippen LogP contribution is 2.46. The van der Waals surface area contributed by atoms with Crippen LogP contribution in [0.5, 0.6) is 0 Å². The van der Waals surface area contributed by atoms with Crippen LogP contribution < -0.4 is 5.32 Å². The highest BCUT2D eigenvalue weighted by atomic mass is 16.3. The van der Waals surface area contributed by atoms with E-state index in [2.05, 4.69) is 11.9 Å². The molecule has 62 valence electrons. The third-order valence-electron chi connectivity index (χ3n) is 3.00. The number of aliphatic hydroxyl groups is 1. The van der Waals surface area contributed by atoms with E-state index in [9.17, 15) is 5.11 Å². The Labute approximate surface area is 67.3 Å². The van der Waals surface area contributed by atoms with Gasteiger partial charge in [-0.05, 0) is 25.2 Å². The Hall–Kier alpha value is -0.340. The standard InChI is InChI=1S/C9H15NO/c1-2-7-5-8(11)6-10-9(7)3-4-9/h2,7-8,10-11H,1,3-6H2. The first-order chi connectivity index (χ1) is 5.27. The van der Waals surface area contributed by atoms with Crippen molar-refractivity contribution in [1.29, 1.82) is 0 Å². The van der Waals surface area contributed by atoms with E-state index in [1.807, 2.05) is 6.08 Å². The van der Waals surface area contributed by atoms with Crippen molar-refractivity contribution in [3.05, 3.63) is 12.7 Å². The fourth-order valence-electron chi connectivity index (χ4n) is 2.06. The fraction of sp³-hybridized carbons (Fsp3) is 0.778. The highest BCUT2D eigenvalue weighted by molar-refractivity contribution is 5.14. The Morgan fingerprint density at radius 3 is 2.82 bits per heavy atom. The molecule has 1 spiro atoms. The Morgan fingerprint density at radius 2 is 2.27 bits per heavy atom. The van der Waals surface area contributed by atoms with E-state index in [-0.39, 0.29) is 6.10 Å². The zero-order chi connectivity index (χ0) is 7.90. The maximum absolute atomic E-state index is 9.36. The molecule has 2 nitrogen and oxygen atoms in total. The van der Waals surface area contributed by atoms with Gasteiger partial charge in [-0.3, -0.25) is 0 Å². The zero-order valence-electron chi connectivity index (χ0n) is 6.71. The van der Waals surface area contributed by atoms with Crippen LogP contribution in [0.3, 0.4) is 0 Å². The average molecular weight is 153 g/mol. The summed E-state index contributed by atoms with van der Waals surface area (Å²) in [5.74, 6) is 0.492. The van der Waals surface area contributed by atoms with Gasteiger partial charge in [0.15, 0.2) is 0 Å². The Bertz CT molecular complexity index is 174. The molecule has 0 bridgehead atoms. The molecule has 0 radical (unpaired) electrons. The molecule has 2 N–H and O–H groups in total. The quantitative estimate of drug-likeness (QED) is 0.543. The maximum atomic E-state index is 9.36. The lowest BCUT2D eigenvalue weighted by molar-refractivity contribution is 0.0984. The molecule has 0 aromatic carbocycles. The Kier molecular flexibility index (Phi) is 1.55. The maximum Gasteiger partial charge on any atom is 0.0671 e. The zero-order valence-corrected chi connectivity index (χ0v) is 6.71. The topological polar surface area (TPSA) is 32.3 Å². The monoisotopic (exact) mass is 153 g/mol. The summed E-state index contributed by atoms with van der Waals surface area (Å²) < 4.78 is 0. The second kappa shape index (κ2) is 2.32. The summed E-state index contributed by atoms with van der Waals surface area (Å²) >= 11 is 0. The fourth-order valence-corrected chi connectivity index (χ4v) is 2.06. The molecule has 1 saturated carbocycles. The predicted octanol–water partition coefficient (Wildman–Crippen LogP) is 0.675. The SMILES string of the molecule is C=CC1CC(O)CNC12CC2. The summed E-state index contributed by atoms with van der Waals surface area (Å²) in [6, 6.07) is 0. The third kappa shape index (κ3) is 1.10. The molecule has 1 aliphatic heterocycles.